The summed E-state index contributed by atoms with van der Waals surface area (Å²) in [4.78, 5) is 0. The topological polar surface area (TPSA) is 35.2 Å². The molecule has 0 spiro atoms. The van der Waals surface area contributed by atoms with E-state index >= 15 is 0 Å². The van der Waals surface area contributed by atoms with Gasteiger partial charge in [-0.05, 0) is 62.7 Å². The molecule has 1 saturated carbocycles. The SMILES string of the molecule is CC(C)(C)C1CCC(N)(CCC2CCCO2)CC1. The molecule has 0 radical (unpaired) electrons. The molecule has 0 amide bonds. The van der Waals surface area contributed by atoms with Crippen LogP contribution in [0.25, 0.3) is 0 Å². The first-order valence-electron chi connectivity index (χ1n) is 7.80. The van der Waals surface area contributed by atoms with Crippen LogP contribution in [0.15, 0.2) is 0 Å². The fourth-order valence-corrected chi connectivity index (χ4v) is 3.63. The predicted molar refractivity (Wildman–Crippen MR) is 76.5 cm³/mol. The Balaban J connectivity index is 1.76. The average Bonchev–Trinajstić information content (AvgIpc) is 2.79. The summed E-state index contributed by atoms with van der Waals surface area (Å²) in [6.07, 6.45) is 10.4. The van der Waals surface area contributed by atoms with Crippen molar-refractivity contribution in [3.05, 3.63) is 0 Å². The number of nitrogens with two attached hydrogens (primary N) is 1. The molecule has 2 nitrogen and oxygen atoms in total. The molecular weight excluding hydrogens is 222 g/mol. The molecule has 0 aromatic rings. The molecule has 1 saturated heterocycles. The lowest BCUT2D eigenvalue weighted by molar-refractivity contribution is 0.0819. The summed E-state index contributed by atoms with van der Waals surface area (Å²) >= 11 is 0. The lowest BCUT2D eigenvalue weighted by Crippen LogP contribution is -2.45. The van der Waals surface area contributed by atoms with Gasteiger partial charge in [0.15, 0.2) is 0 Å². The van der Waals surface area contributed by atoms with Gasteiger partial charge in [-0.3, -0.25) is 0 Å². The normalized spacial score (nSPS) is 38.0. The number of hydrogen-bond acceptors (Lipinski definition) is 2. The Kier molecular flexibility index (Phi) is 4.38. The molecule has 1 unspecified atom stereocenters. The van der Waals surface area contributed by atoms with E-state index in [2.05, 4.69) is 20.8 Å². The Morgan fingerprint density at radius 3 is 2.33 bits per heavy atom. The number of rotatable bonds is 3. The van der Waals surface area contributed by atoms with E-state index in [0.29, 0.717) is 11.5 Å². The highest BCUT2D eigenvalue weighted by atomic mass is 16.5. The van der Waals surface area contributed by atoms with Crippen molar-refractivity contribution in [2.75, 3.05) is 6.61 Å². The fraction of sp³-hybridized carbons (Fsp3) is 1.00. The lowest BCUT2D eigenvalue weighted by Gasteiger charge is -2.42. The van der Waals surface area contributed by atoms with E-state index in [1.807, 2.05) is 0 Å². The van der Waals surface area contributed by atoms with E-state index in [4.69, 9.17) is 10.5 Å². The van der Waals surface area contributed by atoms with Crippen LogP contribution in [0.4, 0.5) is 0 Å². The molecule has 2 heteroatoms. The molecule has 106 valence electrons. The standard InChI is InChI=1S/C16H31NO/c1-15(2,3)13-6-9-16(17,10-7-13)11-8-14-5-4-12-18-14/h13-14H,4-12,17H2,1-3H3. The second kappa shape index (κ2) is 5.50. The van der Waals surface area contributed by atoms with Crippen LogP contribution < -0.4 is 5.73 Å². The Morgan fingerprint density at radius 2 is 1.83 bits per heavy atom. The third kappa shape index (κ3) is 3.71. The quantitative estimate of drug-likeness (QED) is 0.828. The van der Waals surface area contributed by atoms with E-state index in [1.54, 1.807) is 0 Å². The van der Waals surface area contributed by atoms with Crippen LogP contribution in [-0.4, -0.2) is 18.2 Å². The van der Waals surface area contributed by atoms with Gasteiger partial charge in [-0.15, -0.1) is 0 Å². The summed E-state index contributed by atoms with van der Waals surface area (Å²) in [5, 5.41) is 0. The molecule has 2 aliphatic rings. The smallest absolute Gasteiger partial charge is 0.0576 e. The minimum Gasteiger partial charge on any atom is -0.378 e. The van der Waals surface area contributed by atoms with Crippen LogP contribution in [0, 0.1) is 11.3 Å². The molecule has 1 aliphatic heterocycles. The third-order valence-corrected chi connectivity index (χ3v) is 5.19. The van der Waals surface area contributed by atoms with Gasteiger partial charge in [0.2, 0.25) is 0 Å². The highest BCUT2D eigenvalue weighted by Crippen LogP contribution is 2.42. The second-order valence-corrected chi connectivity index (χ2v) is 7.68. The van der Waals surface area contributed by atoms with Crippen molar-refractivity contribution >= 4 is 0 Å². The first-order valence-corrected chi connectivity index (χ1v) is 7.80. The second-order valence-electron chi connectivity index (χ2n) is 7.68. The summed E-state index contributed by atoms with van der Waals surface area (Å²) < 4.78 is 5.71. The Bertz CT molecular complexity index is 255. The van der Waals surface area contributed by atoms with E-state index < -0.39 is 0 Å². The van der Waals surface area contributed by atoms with Crippen molar-refractivity contribution < 1.29 is 4.74 Å². The van der Waals surface area contributed by atoms with Crippen LogP contribution in [0.1, 0.15) is 72.1 Å². The van der Waals surface area contributed by atoms with Crippen LogP contribution >= 0.6 is 0 Å². The Labute approximate surface area is 113 Å². The van der Waals surface area contributed by atoms with Gasteiger partial charge in [0.1, 0.15) is 0 Å². The average molecular weight is 253 g/mol. The minimum atomic E-state index is 0.105. The molecule has 0 aromatic carbocycles. The first kappa shape index (κ1) is 14.3. The van der Waals surface area contributed by atoms with Crippen LogP contribution in [-0.2, 0) is 4.74 Å². The van der Waals surface area contributed by atoms with Crippen LogP contribution in [0.3, 0.4) is 0 Å². The summed E-state index contributed by atoms with van der Waals surface area (Å²) in [6.45, 7) is 8.07. The third-order valence-electron chi connectivity index (χ3n) is 5.19. The minimum absolute atomic E-state index is 0.105. The Morgan fingerprint density at radius 1 is 1.17 bits per heavy atom. The van der Waals surface area contributed by atoms with E-state index in [1.165, 1.54) is 44.9 Å². The highest BCUT2D eigenvalue weighted by molar-refractivity contribution is 4.93. The first-order chi connectivity index (χ1) is 8.39. The number of ether oxygens (including phenoxy) is 1. The molecule has 2 fully saturated rings. The molecule has 1 atom stereocenters. The van der Waals surface area contributed by atoms with Gasteiger partial charge in [-0.2, -0.15) is 0 Å². The molecule has 18 heavy (non-hydrogen) atoms. The molecule has 1 aliphatic carbocycles. The maximum Gasteiger partial charge on any atom is 0.0576 e. The molecule has 2 rings (SSSR count). The maximum absolute atomic E-state index is 6.59. The molecule has 1 heterocycles. The van der Waals surface area contributed by atoms with Crippen molar-refractivity contribution in [3.63, 3.8) is 0 Å². The van der Waals surface area contributed by atoms with Crippen molar-refractivity contribution in [2.24, 2.45) is 17.1 Å². The molecule has 0 bridgehead atoms. The van der Waals surface area contributed by atoms with Crippen molar-refractivity contribution in [2.45, 2.75) is 83.8 Å². The number of hydrogen-bond donors (Lipinski definition) is 1. The van der Waals surface area contributed by atoms with Crippen LogP contribution in [0.5, 0.6) is 0 Å². The van der Waals surface area contributed by atoms with E-state index in [9.17, 15) is 0 Å². The van der Waals surface area contributed by atoms with Crippen molar-refractivity contribution in [1.82, 2.24) is 0 Å². The molecule has 2 N–H and O–H groups in total. The van der Waals surface area contributed by atoms with Gasteiger partial charge in [0, 0.05) is 12.1 Å². The largest absolute Gasteiger partial charge is 0.378 e. The van der Waals surface area contributed by atoms with E-state index in [-0.39, 0.29) is 5.54 Å². The highest BCUT2D eigenvalue weighted by Gasteiger charge is 2.36. The molecule has 0 aromatic heterocycles. The van der Waals surface area contributed by atoms with Crippen molar-refractivity contribution in [1.29, 1.82) is 0 Å². The van der Waals surface area contributed by atoms with Gasteiger partial charge < -0.3 is 10.5 Å². The van der Waals surface area contributed by atoms with Crippen molar-refractivity contribution in [3.8, 4) is 0 Å². The summed E-state index contributed by atoms with van der Waals surface area (Å²) in [7, 11) is 0. The zero-order chi connectivity index (χ0) is 13.2. The Hall–Kier alpha value is -0.0800. The van der Waals surface area contributed by atoms with Gasteiger partial charge in [-0.1, -0.05) is 20.8 Å². The lowest BCUT2D eigenvalue weighted by atomic mass is 9.66. The van der Waals surface area contributed by atoms with E-state index in [0.717, 1.165) is 18.9 Å². The monoisotopic (exact) mass is 253 g/mol. The maximum atomic E-state index is 6.59. The van der Waals surface area contributed by atoms with Gasteiger partial charge in [0.05, 0.1) is 6.10 Å². The van der Waals surface area contributed by atoms with Gasteiger partial charge in [-0.25, -0.2) is 0 Å². The summed E-state index contributed by atoms with van der Waals surface area (Å²) in [6, 6.07) is 0. The summed E-state index contributed by atoms with van der Waals surface area (Å²) in [5.41, 5.74) is 7.15. The zero-order valence-corrected chi connectivity index (χ0v) is 12.5. The summed E-state index contributed by atoms with van der Waals surface area (Å²) in [5.74, 6) is 0.858. The van der Waals surface area contributed by atoms with Crippen LogP contribution in [0.2, 0.25) is 0 Å². The fourth-order valence-electron chi connectivity index (χ4n) is 3.63. The van der Waals surface area contributed by atoms with Gasteiger partial charge in [0.25, 0.3) is 0 Å². The molecular formula is C16H31NO. The predicted octanol–water partition coefficient (Wildman–Crippen LogP) is 3.88. The van der Waals surface area contributed by atoms with Gasteiger partial charge >= 0.3 is 0 Å². The zero-order valence-electron chi connectivity index (χ0n) is 12.5.